The van der Waals surface area contributed by atoms with Gasteiger partial charge in [-0.05, 0) is 69.4 Å². The first-order chi connectivity index (χ1) is 17.7. The molecular formula is C27H41F4N5O. The molecule has 3 saturated heterocycles. The molecule has 0 aromatic heterocycles. The van der Waals surface area contributed by atoms with Crippen molar-refractivity contribution >= 4 is 5.69 Å². The minimum Gasteiger partial charge on any atom is -0.393 e. The Bertz CT molecular complexity index is 922. The molecule has 6 nitrogen and oxygen atoms in total. The van der Waals surface area contributed by atoms with Crippen LogP contribution in [0.2, 0.25) is 0 Å². The van der Waals surface area contributed by atoms with Crippen LogP contribution in [-0.2, 0) is 0 Å². The molecule has 4 N–H and O–H groups in total. The second-order valence-electron chi connectivity index (χ2n) is 12.0. The highest BCUT2D eigenvalue weighted by molar-refractivity contribution is 5.48. The number of aliphatic hydroxyl groups excluding tert-OH is 1. The van der Waals surface area contributed by atoms with Gasteiger partial charge in [-0.15, -0.1) is 0 Å². The first kappa shape index (κ1) is 27.1. The summed E-state index contributed by atoms with van der Waals surface area (Å²) in [5.41, 5.74) is 5.15. The summed E-state index contributed by atoms with van der Waals surface area (Å²) in [6, 6.07) is 2.44. The van der Waals surface area contributed by atoms with Crippen molar-refractivity contribution in [1.29, 1.82) is 0 Å². The topological polar surface area (TPSA) is 62.8 Å². The maximum absolute atomic E-state index is 15.8. The number of alkyl halides is 2. The summed E-state index contributed by atoms with van der Waals surface area (Å²) in [5, 5.41) is 12.9. The molecule has 5 rings (SSSR count). The van der Waals surface area contributed by atoms with E-state index in [1.165, 1.54) is 19.1 Å². The highest BCUT2D eigenvalue weighted by atomic mass is 19.1. The van der Waals surface area contributed by atoms with Crippen molar-refractivity contribution in [3.05, 3.63) is 29.3 Å². The fourth-order valence-corrected chi connectivity index (χ4v) is 7.37. The monoisotopic (exact) mass is 527 g/mol. The molecule has 5 unspecified atom stereocenters. The number of hydrazine groups is 1. The van der Waals surface area contributed by atoms with Crippen molar-refractivity contribution in [2.24, 2.45) is 17.8 Å². The number of nitrogens with one attached hydrogen (secondary N) is 3. The zero-order valence-corrected chi connectivity index (χ0v) is 21.8. The summed E-state index contributed by atoms with van der Waals surface area (Å²) in [6.07, 6.45) is 3.02. The van der Waals surface area contributed by atoms with E-state index in [1.807, 2.05) is 11.8 Å². The van der Waals surface area contributed by atoms with E-state index < -0.39 is 30.0 Å². The van der Waals surface area contributed by atoms with Crippen molar-refractivity contribution in [2.45, 2.75) is 69.4 Å². The van der Waals surface area contributed by atoms with Crippen LogP contribution in [0, 0.1) is 29.4 Å². The van der Waals surface area contributed by atoms with Crippen molar-refractivity contribution in [3.63, 3.8) is 0 Å². The molecule has 3 aliphatic heterocycles. The van der Waals surface area contributed by atoms with Gasteiger partial charge in [0, 0.05) is 62.1 Å². The summed E-state index contributed by atoms with van der Waals surface area (Å²) in [4.78, 5) is 4.01. The van der Waals surface area contributed by atoms with E-state index >= 15 is 13.2 Å². The summed E-state index contributed by atoms with van der Waals surface area (Å²) in [6.45, 7) is 5.20. The van der Waals surface area contributed by atoms with Crippen LogP contribution in [0.15, 0.2) is 12.1 Å². The van der Waals surface area contributed by atoms with Crippen LogP contribution < -0.4 is 16.2 Å². The smallest absolute Gasteiger partial charge is 0.143 e. The molecule has 0 spiro atoms. The minimum atomic E-state index is -1.88. The molecule has 1 aliphatic carbocycles. The third-order valence-corrected chi connectivity index (χ3v) is 9.15. The molecule has 10 heteroatoms. The third kappa shape index (κ3) is 5.50. The predicted octanol–water partition coefficient (Wildman–Crippen LogP) is 3.40. The normalized spacial score (nSPS) is 34.5. The van der Waals surface area contributed by atoms with Gasteiger partial charge < -0.3 is 10.4 Å². The third-order valence-electron chi connectivity index (χ3n) is 9.15. The van der Waals surface area contributed by atoms with Crippen LogP contribution in [0.5, 0.6) is 0 Å². The van der Waals surface area contributed by atoms with E-state index in [1.54, 1.807) is 0 Å². The molecule has 0 amide bonds. The van der Waals surface area contributed by atoms with Gasteiger partial charge in [0.25, 0.3) is 0 Å². The van der Waals surface area contributed by atoms with Gasteiger partial charge >= 0.3 is 0 Å². The van der Waals surface area contributed by atoms with Crippen LogP contribution in [0.1, 0.15) is 51.1 Å². The minimum absolute atomic E-state index is 0.00727. The molecule has 1 saturated carbocycles. The lowest BCUT2D eigenvalue weighted by Gasteiger charge is -2.54. The summed E-state index contributed by atoms with van der Waals surface area (Å²) in [7, 11) is 0. The first-order valence-corrected chi connectivity index (χ1v) is 13.8. The molecule has 4 aliphatic rings. The van der Waals surface area contributed by atoms with Crippen molar-refractivity contribution < 1.29 is 22.7 Å². The Labute approximate surface area is 217 Å². The molecular weight excluding hydrogens is 486 g/mol. The molecule has 1 aromatic rings. The lowest BCUT2D eigenvalue weighted by Crippen LogP contribution is -2.57. The number of hydrogen-bond donors (Lipinski definition) is 4. The number of likely N-dealkylation sites (tertiary alicyclic amines) is 2. The summed E-state index contributed by atoms with van der Waals surface area (Å²) < 4.78 is 59.2. The Balaban J connectivity index is 1.41. The Morgan fingerprint density at radius 3 is 2.54 bits per heavy atom. The van der Waals surface area contributed by atoms with Crippen LogP contribution in [-0.4, -0.2) is 84.7 Å². The molecule has 7 atom stereocenters. The number of anilines is 1. The van der Waals surface area contributed by atoms with E-state index in [4.69, 9.17) is 0 Å². The Hall–Kier alpha value is -1.46. The molecule has 3 heterocycles. The average molecular weight is 528 g/mol. The lowest BCUT2D eigenvalue weighted by molar-refractivity contribution is -0.0703. The molecule has 37 heavy (non-hydrogen) atoms. The Morgan fingerprint density at radius 1 is 1.14 bits per heavy atom. The SMILES string of the molecule is C[C@@H]1CC2C3CNNC3CCC2[C@@H](c2c(F)cc(NC3CN(CCCF)C3)cc2F)N1CC(C)(F)CO. The molecule has 1 aromatic carbocycles. The number of halogens is 4. The van der Waals surface area contributed by atoms with Gasteiger partial charge in [-0.25, -0.2) is 13.2 Å². The van der Waals surface area contributed by atoms with Crippen LogP contribution >= 0.6 is 0 Å². The average Bonchev–Trinajstić information content (AvgIpc) is 3.31. The van der Waals surface area contributed by atoms with Crippen molar-refractivity contribution in [1.82, 2.24) is 20.7 Å². The number of fused-ring (bicyclic) bond motifs is 3. The second-order valence-corrected chi connectivity index (χ2v) is 12.0. The Morgan fingerprint density at radius 2 is 1.86 bits per heavy atom. The van der Waals surface area contributed by atoms with E-state index in [2.05, 4.69) is 21.1 Å². The number of benzene rings is 1. The van der Waals surface area contributed by atoms with Gasteiger partial charge in [0.15, 0.2) is 0 Å². The number of hydrogen-bond acceptors (Lipinski definition) is 6. The molecule has 208 valence electrons. The van der Waals surface area contributed by atoms with Crippen molar-refractivity contribution in [3.8, 4) is 0 Å². The van der Waals surface area contributed by atoms with E-state index in [0.717, 1.165) is 25.8 Å². The number of piperidine rings is 1. The number of rotatable bonds is 9. The largest absolute Gasteiger partial charge is 0.393 e. The fraction of sp³-hybridized carbons (Fsp3) is 0.778. The summed E-state index contributed by atoms with van der Waals surface area (Å²) >= 11 is 0. The van der Waals surface area contributed by atoms with E-state index in [0.29, 0.717) is 43.7 Å². The summed E-state index contributed by atoms with van der Waals surface area (Å²) in [5.74, 6) is -0.611. The fourth-order valence-electron chi connectivity index (χ4n) is 7.37. The zero-order chi connectivity index (χ0) is 26.3. The maximum atomic E-state index is 15.8. The predicted molar refractivity (Wildman–Crippen MR) is 136 cm³/mol. The highest BCUT2D eigenvalue weighted by Crippen LogP contribution is 2.52. The van der Waals surface area contributed by atoms with Gasteiger partial charge in [0.2, 0.25) is 0 Å². The quantitative estimate of drug-likeness (QED) is 0.370. The highest BCUT2D eigenvalue weighted by Gasteiger charge is 2.52. The lowest BCUT2D eigenvalue weighted by atomic mass is 9.61. The van der Waals surface area contributed by atoms with Gasteiger partial charge in [-0.2, -0.15) is 0 Å². The van der Waals surface area contributed by atoms with Crippen LogP contribution in [0.3, 0.4) is 0 Å². The van der Waals surface area contributed by atoms with Gasteiger partial charge in [0.05, 0.1) is 19.3 Å². The van der Waals surface area contributed by atoms with Crippen molar-refractivity contribution in [2.75, 3.05) is 51.3 Å². The second kappa shape index (κ2) is 11.0. The standard InChI is InChI=1S/C27H41F4N5O/c1-16-8-20-19(4-5-24-21(20)11-32-34-24)26(36(16)14-27(2,31)15-37)25-22(29)9-17(10-23(25)30)33-18-12-35(13-18)7-3-6-28/h9-10,16,18-21,24,26,32-34,37H,3-8,11-15H2,1-2H3/t16-,19?,20?,21?,24?,26+,27?/m1/s1. The Kier molecular flexibility index (Phi) is 8.03. The first-order valence-electron chi connectivity index (χ1n) is 13.8. The number of nitrogens with zero attached hydrogens (tertiary/aromatic N) is 2. The maximum Gasteiger partial charge on any atom is 0.143 e. The van der Waals surface area contributed by atoms with Crippen LogP contribution in [0.25, 0.3) is 0 Å². The van der Waals surface area contributed by atoms with Gasteiger partial charge in [-0.3, -0.25) is 25.0 Å². The van der Waals surface area contributed by atoms with Gasteiger partial charge in [-0.1, -0.05) is 0 Å². The molecule has 4 fully saturated rings. The van der Waals surface area contributed by atoms with E-state index in [9.17, 15) is 9.50 Å². The molecule has 0 radical (unpaired) electrons. The number of aliphatic hydroxyl groups is 1. The van der Waals surface area contributed by atoms with Crippen LogP contribution in [0.4, 0.5) is 23.2 Å². The van der Waals surface area contributed by atoms with Gasteiger partial charge in [0.1, 0.15) is 17.3 Å². The molecule has 0 bridgehead atoms. The zero-order valence-electron chi connectivity index (χ0n) is 21.8. The van der Waals surface area contributed by atoms with E-state index in [-0.39, 0.29) is 42.7 Å².